The minimum Gasteiger partial charge on any atom is -0.337 e. The molecule has 2 aliphatic rings. The molecular formula is C11H18N4. The lowest BCUT2D eigenvalue weighted by atomic mass is 9.90. The molecule has 0 aromatic carbocycles. The standard InChI is InChI=1S/C11H18N4/c1-14-7-13-10-9(14)4-6-15-5-2-3-8(12)11(10)15/h7-8,11H,2-6,12H2,1H3. The van der Waals surface area contributed by atoms with Gasteiger partial charge in [0.25, 0.3) is 0 Å². The third-order valence-electron chi connectivity index (χ3n) is 3.79. The van der Waals surface area contributed by atoms with E-state index < -0.39 is 0 Å². The van der Waals surface area contributed by atoms with E-state index in [9.17, 15) is 0 Å². The van der Waals surface area contributed by atoms with E-state index in [2.05, 4.69) is 21.5 Å². The molecule has 2 atom stereocenters. The summed E-state index contributed by atoms with van der Waals surface area (Å²) in [5, 5.41) is 0. The van der Waals surface area contributed by atoms with Crippen molar-refractivity contribution in [1.29, 1.82) is 0 Å². The molecule has 0 saturated carbocycles. The van der Waals surface area contributed by atoms with E-state index in [1.54, 1.807) is 0 Å². The maximum Gasteiger partial charge on any atom is 0.0949 e. The number of aryl methyl sites for hydroxylation is 1. The first-order valence-corrected chi connectivity index (χ1v) is 5.77. The van der Waals surface area contributed by atoms with Crippen molar-refractivity contribution >= 4 is 0 Å². The van der Waals surface area contributed by atoms with Crippen LogP contribution in [0.15, 0.2) is 6.33 Å². The lowest BCUT2D eigenvalue weighted by molar-refractivity contribution is 0.114. The molecule has 0 aliphatic carbocycles. The van der Waals surface area contributed by atoms with Crippen LogP contribution in [0.5, 0.6) is 0 Å². The molecule has 0 bridgehead atoms. The van der Waals surface area contributed by atoms with Gasteiger partial charge in [0.2, 0.25) is 0 Å². The highest BCUT2D eigenvalue weighted by Crippen LogP contribution is 2.34. The Kier molecular flexibility index (Phi) is 2.07. The van der Waals surface area contributed by atoms with E-state index in [1.165, 1.54) is 24.4 Å². The van der Waals surface area contributed by atoms with Gasteiger partial charge in [-0.2, -0.15) is 0 Å². The average Bonchev–Trinajstić information content (AvgIpc) is 2.61. The lowest BCUT2D eigenvalue weighted by Gasteiger charge is -2.42. The van der Waals surface area contributed by atoms with Gasteiger partial charge in [-0.25, -0.2) is 4.98 Å². The van der Waals surface area contributed by atoms with Crippen molar-refractivity contribution in [1.82, 2.24) is 14.5 Å². The van der Waals surface area contributed by atoms with E-state index in [0.717, 1.165) is 19.4 Å². The second-order valence-electron chi connectivity index (χ2n) is 4.72. The Morgan fingerprint density at radius 1 is 1.47 bits per heavy atom. The predicted molar refractivity (Wildman–Crippen MR) is 58.4 cm³/mol. The molecule has 1 aromatic rings. The fraction of sp³-hybridized carbons (Fsp3) is 0.727. The van der Waals surface area contributed by atoms with Crippen LogP contribution in [0.4, 0.5) is 0 Å². The normalized spacial score (nSPS) is 31.1. The van der Waals surface area contributed by atoms with Gasteiger partial charge in [-0.05, 0) is 19.4 Å². The quantitative estimate of drug-likeness (QED) is 0.670. The van der Waals surface area contributed by atoms with E-state index in [0.29, 0.717) is 6.04 Å². The number of hydrogen-bond donors (Lipinski definition) is 1. The summed E-state index contributed by atoms with van der Waals surface area (Å²) >= 11 is 0. The van der Waals surface area contributed by atoms with Crippen LogP contribution in [0.25, 0.3) is 0 Å². The van der Waals surface area contributed by atoms with Crippen molar-refractivity contribution in [3.63, 3.8) is 0 Å². The SMILES string of the molecule is Cn1cnc2c1CCN1CCCC(N)C21. The van der Waals surface area contributed by atoms with Crippen molar-refractivity contribution in [3.05, 3.63) is 17.7 Å². The molecule has 2 aliphatic heterocycles. The molecule has 3 heterocycles. The summed E-state index contributed by atoms with van der Waals surface area (Å²) in [5.74, 6) is 0. The zero-order valence-corrected chi connectivity index (χ0v) is 9.19. The fourth-order valence-electron chi connectivity index (χ4n) is 3.00. The van der Waals surface area contributed by atoms with Crippen molar-refractivity contribution in [2.24, 2.45) is 12.8 Å². The molecule has 1 saturated heterocycles. The van der Waals surface area contributed by atoms with Gasteiger partial charge in [-0.15, -0.1) is 0 Å². The Balaban J connectivity index is 2.02. The molecule has 0 amide bonds. The second-order valence-corrected chi connectivity index (χ2v) is 4.72. The zero-order chi connectivity index (χ0) is 10.4. The number of hydrogen-bond acceptors (Lipinski definition) is 3. The molecule has 4 nitrogen and oxygen atoms in total. The van der Waals surface area contributed by atoms with Crippen LogP contribution in [0, 0.1) is 0 Å². The number of rotatable bonds is 0. The minimum absolute atomic E-state index is 0.271. The molecule has 2 unspecified atom stereocenters. The maximum absolute atomic E-state index is 6.22. The third-order valence-corrected chi connectivity index (χ3v) is 3.79. The van der Waals surface area contributed by atoms with Gasteiger partial charge < -0.3 is 10.3 Å². The van der Waals surface area contributed by atoms with E-state index in [4.69, 9.17) is 5.73 Å². The Morgan fingerprint density at radius 3 is 3.20 bits per heavy atom. The van der Waals surface area contributed by atoms with Gasteiger partial charge in [0.05, 0.1) is 18.1 Å². The second kappa shape index (κ2) is 3.32. The first kappa shape index (κ1) is 9.36. The largest absolute Gasteiger partial charge is 0.337 e. The Bertz CT molecular complexity index is 371. The molecule has 82 valence electrons. The van der Waals surface area contributed by atoms with Crippen molar-refractivity contribution in [2.75, 3.05) is 13.1 Å². The van der Waals surface area contributed by atoms with Crippen LogP contribution in [0.1, 0.15) is 30.3 Å². The van der Waals surface area contributed by atoms with Gasteiger partial charge >= 0.3 is 0 Å². The number of nitrogens with two attached hydrogens (primary N) is 1. The first-order chi connectivity index (χ1) is 7.27. The monoisotopic (exact) mass is 206 g/mol. The smallest absolute Gasteiger partial charge is 0.0949 e. The highest BCUT2D eigenvalue weighted by molar-refractivity contribution is 5.23. The topological polar surface area (TPSA) is 47.1 Å². The highest BCUT2D eigenvalue weighted by atomic mass is 15.2. The molecule has 2 N–H and O–H groups in total. The minimum atomic E-state index is 0.271. The first-order valence-electron chi connectivity index (χ1n) is 5.77. The summed E-state index contributed by atoms with van der Waals surface area (Å²) < 4.78 is 2.15. The van der Waals surface area contributed by atoms with Crippen LogP contribution in [-0.2, 0) is 13.5 Å². The molecular weight excluding hydrogens is 188 g/mol. The lowest BCUT2D eigenvalue weighted by Crippen LogP contribution is -2.49. The van der Waals surface area contributed by atoms with E-state index >= 15 is 0 Å². The van der Waals surface area contributed by atoms with Crippen LogP contribution >= 0.6 is 0 Å². The zero-order valence-electron chi connectivity index (χ0n) is 9.19. The summed E-state index contributed by atoms with van der Waals surface area (Å²) in [6.07, 6.45) is 5.42. The van der Waals surface area contributed by atoms with Crippen molar-refractivity contribution in [3.8, 4) is 0 Å². The number of aromatic nitrogens is 2. The fourth-order valence-corrected chi connectivity index (χ4v) is 3.00. The third kappa shape index (κ3) is 1.32. The van der Waals surface area contributed by atoms with E-state index in [-0.39, 0.29) is 6.04 Å². The molecule has 0 spiro atoms. The molecule has 1 aromatic heterocycles. The summed E-state index contributed by atoms with van der Waals surface area (Å²) in [6.45, 7) is 2.33. The van der Waals surface area contributed by atoms with Crippen molar-refractivity contribution in [2.45, 2.75) is 31.3 Å². The van der Waals surface area contributed by atoms with Crippen molar-refractivity contribution < 1.29 is 0 Å². The maximum atomic E-state index is 6.22. The van der Waals surface area contributed by atoms with Gasteiger partial charge in [0.1, 0.15) is 0 Å². The van der Waals surface area contributed by atoms with Gasteiger partial charge in [0.15, 0.2) is 0 Å². The predicted octanol–water partition coefficient (Wildman–Crippen LogP) is 0.440. The number of imidazole rings is 1. The van der Waals surface area contributed by atoms with Gasteiger partial charge in [-0.3, -0.25) is 4.90 Å². The van der Waals surface area contributed by atoms with Crippen LogP contribution in [0.2, 0.25) is 0 Å². The molecule has 15 heavy (non-hydrogen) atoms. The number of piperidine rings is 1. The average molecular weight is 206 g/mol. The number of fused-ring (bicyclic) bond motifs is 3. The number of nitrogens with zero attached hydrogens (tertiary/aromatic N) is 3. The summed E-state index contributed by atoms with van der Waals surface area (Å²) in [4.78, 5) is 7.04. The van der Waals surface area contributed by atoms with Crippen LogP contribution in [0.3, 0.4) is 0 Å². The molecule has 3 rings (SSSR count). The Hall–Kier alpha value is -0.870. The highest BCUT2D eigenvalue weighted by Gasteiger charge is 2.36. The Morgan fingerprint density at radius 2 is 2.33 bits per heavy atom. The summed E-state index contributed by atoms with van der Waals surface area (Å²) in [6, 6.07) is 0.649. The molecule has 4 heteroatoms. The Labute approximate surface area is 90.1 Å². The van der Waals surface area contributed by atoms with E-state index in [1.807, 2.05) is 6.33 Å². The van der Waals surface area contributed by atoms with Gasteiger partial charge in [-0.1, -0.05) is 0 Å². The summed E-state index contributed by atoms with van der Waals surface area (Å²) in [5.41, 5.74) is 8.84. The summed E-state index contributed by atoms with van der Waals surface area (Å²) in [7, 11) is 2.08. The molecule has 0 radical (unpaired) electrons. The van der Waals surface area contributed by atoms with Gasteiger partial charge in [0, 0.05) is 31.7 Å². The molecule has 1 fully saturated rings. The van der Waals surface area contributed by atoms with Crippen LogP contribution < -0.4 is 5.73 Å². The van der Waals surface area contributed by atoms with Crippen LogP contribution in [-0.4, -0.2) is 33.6 Å².